The zero-order valence-corrected chi connectivity index (χ0v) is 18.9. The number of nitrogens with one attached hydrogen (secondary N) is 1. The minimum atomic E-state index is -3.74. The minimum Gasteiger partial charge on any atom is -0.454 e. The summed E-state index contributed by atoms with van der Waals surface area (Å²) in [5.74, 6) is -1.65. The van der Waals surface area contributed by atoms with Crippen molar-refractivity contribution in [2.45, 2.75) is 6.54 Å². The number of pyridine rings is 1. The zero-order valence-electron chi connectivity index (χ0n) is 18.1. The average Bonchev–Trinajstić information content (AvgIpc) is 2.82. The largest absolute Gasteiger partial charge is 0.454 e. The van der Waals surface area contributed by atoms with E-state index < -0.39 is 21.7 Å². The summed E-state index contributed by atoms with van der Waals surface area (Å²) in [6.07, 6.45) is 1.61. The molecular formula is C25H20F2N2O4S. The monoisotopic (exact) mass is 482 g/mol. The summed E-state index contributed by atoms with van der Waals surface area (Å²) >= 11 is 0. The first kappa shape index (κ1) is 23.3. The molecule has 0 aliphatic rings. The number of halogens is 2. The lowest BCUT2D eigenvalue weighted by atomic mass is 9.95. The summed E-state index contributed by atoms with van der Waals surface area (Å²) in [6, 6.07) is 14.8. The van der Waals surface area contributed by atoms with Crippen molar-refractivity contribution < 1.29 is 21.9 Å². The molecular weight excluding hydrogens is 462 g/mol. The van der Waals surface area contributed by atoms with Crippen LogP contribution in [-0.4, -0.2) is 13.0 Å². The Morgan fingerprint density at radius 3 is 2.47 bits per heavy atom. The van der Waals surface area contributed by atoms with Gasteiger partial charge in [0.2, 0.25) is 10.0 Å². The van der Waals surface area contributed by atoms with Crippen LogP contribution >= 0.6 is 0 Å². The van der Waals surface area contributed by atoms with Crippen molar-refractivity contribution >= 4 is 20.8 Å². The number of aryl methyl sites for hydroxylation is 1. The van der Waals surface area contributed by atoms with Crippen LogP contribution in [-0.2, 0) is 23.6 Å². The Bertz CT molecular complexity index is 1580. The van der Waals surface area contributed by atoms with Crippen molar-refractivity contribution in [2.75, 3.05) is 0 Å². The Hall–Kier alpha value is -3.82. The normalized spacial score (nSPS) is 11.5. The molecule has 9 heteroatoms. The first-order chi connectivity index (χ1) is 16.2. The highest BCUT2D eigenvalue weighted by molar-refractivity contribution is 7.92. The Morgan fingerprint density at radius 1 is 1.03 bits per heavy atom. The van der Waals surface area contributed by atoms with Crippen LogP contribution in [0.4, 0.5) is 8.78 Å². The van der Waals surface area contributed by atoms with Gasteiger partial charge in [-0.25, -0.2) is 21.9 Å². The van der Waals surface area contributed by atoms with Crippen LogP contribution in [0.2, 0.25) is 0 Å². The van der Waals surface area contributed by atoms with Crippen molar-refractivity contribution in [3.05, 3.63) is 106 Å². The number of ether oxygens (including phenoxy) is 1. The Morgan fingerprint density at radius 2 is 1.76 bits per heavy atom. The number of fused-ring (bicyclic) bond motifs is 1. The van der Waals surface area contributed by atoms with Crippen molar-refractivity contribution in [1.29, 1.82) is 0 Å². The number of rotatable bonds is 7. The van der Waals surface area contributed by atoms with Gasteiger partial charge in [0.25, 0.3) is 5.56 Å². The Kier molecular flexibility index (Phi) is 6.32. The molecule has 0 saturated heterocycles. The first-order valence-electron chi connectivity index (χ1n) is 10.2. The molecule has 3 aromatic carbocycles. The molecule has 0 bridgehead atoms. The maximum Gasteiger partial charge on any atom is 0.258 e. The zero-order chi connectivity index (χ0) is 24.5. The molecule has 1 heterocycles. The third-order valence-electron chi connectivity index (χ3n) is 5.27. The predicted octanol–water partition coefficient (Wildman–Crippen LogP) is 4.84. The number of hydrogen-bond donors (Lipinski definition) is 1. The first-order valence-corrected chi connectivity index (χ1v) is 11.7. The lowest BCUT2D eigenvalue weighted by Crippen LogP contribution is -2.21. The van der Waals surface area contributed by atoms with Gasteiger partial charge in [0.15, 0.2) is 11.6 Å². The molecule has 1 N–H and O–H groups in total. The van der Waals surface area contributed by atoms with Crippen LogP contribution < -0.4 is 15.0 Å². The van der Waals surface area contributed by atoms with Gasteiger partial charge in [-0.05, 0) is 35.2 Å². The number of nitrogens with zero attached hydrogens (tertiary/aromatic N) is 1. The number of hydrogen-bond acceptors (Lipinski definition) is 4. The van der Waals surface area contributed by atoms with Gasteiger partial charge in [0.05, 0.1) is 0 Å². The van der Waals surface area contributed by atoms with Crippen LogP contribution in [0.1, 0.15) is 5.56 Å². The molecule has 0 aliphatic heterocycles. The summed E-state index contributed by atoms with van der Waals surface area (Å²) in [6.45, 7) is 3.17. The van der Waals surface area contributed by atoms with E-state index in [1.54, 1.807) is 55.7 Å². The van der Waals surface area contributed by atoms with Crippen LogP contribution in [0.3, 0.4) is 0 Å². The fourth-order valence-electron chi connectivity index (χ4n) is 3.64. The van der Waals surface area contributed by atoms with Gasteiger partial charge in [0, 0.05) is 47.8 Å². The summed E-state index contributed by atoms with van der Waals surface area (Å²) in [4.78, 5) is 12.7. The fourth-order valence-corrected chi connectivity index (χ4v) is 4.12. The van der Waals surface area contributed by atoms with Crippen LogP contribution in [0.5, 0.6) is 11.5 Å². The second kappa shape index (κ2) is 9.20. The van der Waals surface area contributed by atoms with Gasteiger partial charge in [-0.2, -0.15) is 0 Å². The highest BCUT2D eigenvalue weighted by Crippen LogP contribution is 2.39. The molecule has 0 spiro atoms. The topological polar surface area (TPSA) is 77.4 Å². The molecule has 0 saturated carbocycles. The highest BCUT2D eigenvalue weighted by atomic mass is 32.2. The SMILES string of the molecule is C=CS(=O)(=O)NCc1cccc(Oc2ccc(F)cc2F)c1-c1cn(C)c(=O)c2ccccc12. The average molecular weight is 483 g/mol. The van der Waals surface area contributed by atoms with Crippen molar-refractivity contribution in [2.24, 2.45) is 7.05 Å². The van der Waals surface area contributed by atoms with Gasteiger partial charge in [0.1, 0.15) is 11.6 Å². The van der Waals surface area contributed by atoms with E-state index in [1.165, 1.54) is 10.6 Å². The van der Waals surface area contributed by atoms with Gasteiger partial charge in [-0.1, -0.05) is 36.9 Å². The van der Waals surface area contributed by atoms with E-state index in [4.69, 9.17) is 4.74 Å². The molecule has 4 aromatic rings. The third-order valence-corrected chi connectivity index (χ3v) is 6.26. The van der Waals surface area contributed by atoms with Gasteiger partial charge < -0.3 is 9.30 Å². The van der Waals surface area contributed by atoms with E-state index in [1.807, 2.05) is 0 Å². The van der Waals surface area contributed by atoms with Crippen molar-refractivity contribution in [3.8, 4) is 22.6 Å². The Balaban J connectivity index is 1.97. The molecule has 0 amide bonds. The second-order valence-corrected chi connectivity index (χ2v) is 9.22. The van der Waals surface area contributed by atoms with E-state index in [0.717, 1.165) is 11.5 Å². The maximum absolute atomic E-state index is 14.4. The van der Waals surface area contributed by atoms with Gasteiger partial charge in [-0.3, -0.25) is 4.79 Å². The molecule has 0 unspecified atom stereocenters. The van der Waals surface area contributed by atoms with Crippen LogP contribution in [0.25, 0.3) is 21.9 Å². The molecule has 0 atom stereocenters. The molecule has 4 rings (SSSR count). The maximum atomic E-state index is 14.4. The van der Waals surface area contributed by atoms with E-state index in [-0.39, 0.29) is 23.6 Å². The molecule has 6 nitrogen and oxygen atoms in total. The molecule has 0 radical (unpaired) electrons. The van der Waals surface area contributed by atoms with E-state index in [2.05, 4.69) is 11.3 Å². The lowest BCUT2D eigenvalue weighted by molar-refractivity contribution is 0.438. The second-order valence-electron chi connectivity index (χ2n) is 7.50. The molecule has 34 heavy (non-hydrogen) atoms. The highest BCUT2D eigenvalue weighted by Gasteiger charge is 2.19. The third kappa shape index (κ3) is 4.61. The van der Waals surface area contributed by atoms with Gasteiger partial charge >= 0.3 is 0 Å². The van der Waals surface area contributed by atoms with Crippen LogP contribution in [0.15, 0.2) is 83.6 Å². The number of aromatic nitrogens is 1. The minimum absolute atomic E-state index is 0.121. The molecule has 1 aromatic heterocycles. The molecule has 174 valence electrons. The van der Waals surface area contributed by atoms with Gasteiger partial charge in [-0.15, -0.1) is 0 Å². The smallest absolute Gasteiger partial charge is 0.258 e. The quantitative estimate of drug-likeness (QED) is 0.409. The summed E-state index contributed by atoms with van der Waals surface area (Å²) in [5, 5.41) is 1.85. The standard InChI is InChI=1S/C25H20F2N2O4S/c1-3-34(31,32)28-14-16-7-6-10-23(33-22-12-11-17(26)13-21(22)27)24(16)20-15-29(2)25(30)19-9-5-4-8-18(19)20/h3-13,15,28H,1,14H2,2H3. The molecule has 0 fully saturated rings. The summed E-state index contributed by atoms with van der Waals surface area (Å²) in [5.41, 5.74) is 1.32. The van der Waals surface area contributed by atoms with Crippen molar-refractivity contribution in [1.82, 2.24) is 9.29 Å². The Labute approximate surface area is 194 Å². The lowest BCUT2D eigenvalue weighted by Gasteiger charge is -2.18. The van der Waals surface area contributed by atoms with Crippen molar-refractivity contribution in [3.63, 3.8) is 0 Å². The van der Waals surface area contributed by atoms with E-state index in [0.29, 0.717) is 33.5 Å². The number of benzene rings is 3. The van der Waals surface area contributed by atoms with E-state index >= 15 is 0 Å². The number of sulfonamides is 1. The van der Waals surface area contributed by atoms with E-state index in [9.17, 15) is 22.0 Å². The summed E-state index contributed by atoms with van der Waals surface area (Å²) < 4.78 is 61.4. The molecule has 0 aliphatic carbocycles. The van der Waals surface area contributed by atoms with Crippen LogP contribution in [0, 0.1) is 11.6 Å². The fraction of sp³-hybridized carbons (Fsp3) is 0.0800. The summed E-state index contributed by atoms with van der Waals surface area (Å²) in [7, 11) is -2.14. The predicted molar refractivity (Wildman–Crippen MR) is 127 cm³/mol.